The lowest BCUT2D eigenvalue weighted by molar-refractivity contribution is 0.386. The summed E-state index contributed by atoms with van der Waals surface area (Å²) < 4.78 is 40.6. The summed E-state index contributed by atoms with van der Waals surface area (Å²) in [6, 6.07) is 18.3. The molecule has 0 saturated carbocycles. The SMILES string of the molecule is COc1ccc2nc(N(Cc3cc(-c4ccccc4F)no3)c3nc4ccc(F)cc4s3)sc2c1. The Balaban J connectivity index is 1.43. The molecule has 0 radical (unpaired) electrons. The van der Waals surface area contributed by atoms with E-state index < -0.39 is 0 Å². The van der Waals surface area contributed by atoms with E-state index in [2.05, 4.69) is 5.16 Å². The highest BCUT2D eigenvalue weighted by Crippen LogP contribution is 2.39. The van der Waals surface area contributed by atoms with Crippen molar-refractivity contribution in [3.05, 3.63) is 84.1 Å². The maximum Gasteiger partial charge on any atom is 0.193 e. The topological polar surface area (TPSA) is 64.3 Å². The van der Waals surface area contributed by atoms with Crippen molar-refractivity contribution >= 4 is 53.4 Å². The molecule has 0 aliphatic carbocycles. The average Bonchev–Trinajstić information content (AvgIpc) is 3.59. The van der Waals surface area contributed by atoms with Gasteiger partial charge < -0.3 is 9.26 Å². The summed E-state index contributed by atoms with van der Waals surface area (Å²) in [5.41, 5.74) is 2.26. The number of hydrogen-bond donors (Lipinski definition) is 0. The fourth-order valence-electron chi connectivity index (χ4n) is 3.69. The minimum Gasteiger partial charge on any atom is -0.497 e. The minimum atomic E-state index is -0.377. The van der Waals surface area contributed by atoms with E-state index in [0.29, 0.717) is 32.8 Å². The van der Waals surface area contributed by atoms with Crippen LogP contribution < -0.4 is 9.64 Å². The predicted octanol–water partition coefficient (Wildman–Crippen LogP) is 7.19. The quantitative estimate of drug-likeness (QED) is 0.238. The molecule has 6 aromatic rings. The Bertz CT molecular complexity index is 1680. The lowest BCUT2D eigenvalue weighted by Crippen LogP contribution is -2.15. The molecule has 0 fully saturated rings. The van der Waals surface area contributed by atoms with E-state index in [1.54, 1.807) is 37.4 Å². The molecule has 0 amide bonds. The molecule has 3 aromatic carbocycles. The Morgan fingerprint density at radius 1 is 0.886 bits per heavy atom. The van der Waals surface area contributed by atoms with Crippen LogP contribution in [0, 0.1) is 11.6 Å². The van der Waals surface area contributed by atoms with E-state index in [1.165, 1.54) is 40.9 Å². The second-order valence-corrected chi connectivity index (χ2v) is 9.70. The summed E-state index contributed by atoms with van der Waals surface area (Å²) in [7, 11) is 1.62. The van der Waals surface area contributed by atoms with Crippen molar-refractivity contribution in [2.75, 3.05) is 12.0 Å². The first-order chi connectivity index (χ1) is 17.1. The van der Waals surface area contributed by atoms with Crippen molar-refractivity contribution in [1.82, 2.24) is 15.1 Å². The highest BCUT2D eigenvalue weighted by Gasteiger charge is 2.22. The standard InChI is InChI=1S/C25H16F2N4O2S2/c1-32-15-7-9-20-23(12-15)35-25(29-20)31(24-28-19-8-6-14(26)10-22(19)34-24)13-16-11-21(30-33-16)17-4-2-3-5-18(17)27/h2-12H,13H2,1H3. The Morgan fingerprint density at radius 2 is 1.60 bits per heavy atom. The van der Waals surface area contributed by atoms with Gasteiger partial charge in [0.2, 0.25) is 0 Å². The van der Waals surface area contributed by atoms with Crippen molar-refractivity contribution in [3.63, 3.8) is 0 Å². The molecule has 0 spiro atoms. The van der Waals surface area contributed by atoms with Gasteiger partial charge in [0, 0.05) is 11.6 Å². The zero-order valence-corrected chi connectivity index (χ0v) is 19.9. The third-order valence-electron chi connectivity index (χ3n) is 5.41. The monoisotopic (exact) mass is 506 g/mol. The van der Waals surface area contributed by atoms with Crippen molar-refractivity contribution in [2.24, 2.45) is 0 Å². The van der Waals surface area contributed by atoms with Gasteiger partial charge in [0.25, 0.3) is 0 Å². The summed E-state index contributed by atoms with van der Waals surface area (Å²) in [5, 5.41) is 5.37. The van der Waals surface area contributed by atoms with Crippen molar-refractivity contribution in [2.45, 2.75) is 6.54 Å². The average molecular weight is 507 g/mol. The lowest BCUT2D eigenvalue weighted by Gasteiger charge is -2.16. The Morgan fingerprint density at radius 3 is 2.34 bits per heavy atom. The van der Waals surface area contributed by atoms with Crippen LogP contribution in [-0.2, 0) is 6.54 Å². The zero-order chi connectivity index (χ0) is 23.9. The van der Waals surface area contributed by atoms with Gasteiger partial charge in [-0.1, -0.05) is 40.0 Å². The summed E-state index contributed by atoms with van der Waals surface area (Å²) in [4.78, 5) is 11.4. The molecule has 0 bridgehead atoms. The van der Waals surface area contributed by atoms with Crippen LogP contribution in [0.3, 0.4) is 0 Å². The first kappa shape index (κ1) is 21.6. The van der Waals surface area contributed by atoms with Crippen LogP contribution in [0.25, 0.3) is 31.7 Å². The van der Waals surface area contributed by atoms with E-state index in [1.807, 2.05) is 23.1 Å². The molecule has 0 N–H and O–H groups in total. The second-order valence-electron chi connectivity index (χ2n) is 7.68. The molecule has 3 aromatic heterocycles. The van der Waals surface area contributed by atoms with Gasteiger partial charge >= 0.3 is 0 Å². The number of hydrogen-bond acceptors (Lipinski definition) is 8. The van der Waals surface area contributed by atoms with Gasteiger partial charge in [-0.05, 0) is 48.5 Å². The number of halogens is 2. The number of aromatic nitrogens is 3. The van der Waals surface area contributed by atoms with Crippen molar-refractivity contribution < 1.29 is 18.0 Å². The van der Waals surface area contributed by atoms with Gasteiger partial charge in [-0.25, -0.2) is 18.7 Å². The molecule has 174 valence electrons. The zero-order valence-electron chi connectivity index (χ0n) is 18.2. The van der Waals surface area contributed by atoms with Gasteiger partial charge in [0.05, 0.1) is 34.1 Å². The smallest absolute Gasteiger partial charge is 0.193 e. The molecule has 10 heteroatoms. The van der Waals surface area contributed by atoms with Gasteiger partial charge in [0.1, 0.15) is 23.1 Å². The first-order valence-electron chi connectivity index (χ1n) is 10.6. The van der Waals surface area contributed by atoms with Gasteiger partial charge in [-0.3, -0.25) is 4.90 Å². The molecule has 35 heavy (non-hydrogen) atoms. The highest BCUT2D eigenvalue weighted by molar-refractivity contribution is 7.24. The molecule has 0 unspecified atom stereocenters. The van der Waals surface area contributed by atoms with E-state index in [0.717, 1.165) is 20.7 Å². The van der Waals surface area contributed by atoms with Crippen LogP contribution in [0.15, 0.2) is 71.3 Å². The van der Waals surface area contributed by atoms with Crippen molar-refractivity contribution in [1.29, 1.82) is 0 Å². The summed E-state index contributed by atoms with van der Waals surface area (Å²) in [5.74, 6) is 0.540. The normalized spacial score (nSPS) is 11.4. The van der Waals surface area contributed by atoms with Crippen LogP contribution in [0.2, 0.25) is 0 Å². The number of ether oxygens (including phenoxy) is 1. The third-order valence-corrected chi connectivity index (χ3v) is 7.49. The molecule has 6 rings (SSSR count). The lowest BCUT2D eigenvalue weighted by atomic mass is 10.1. The summed E-state index contributed by atoms with van der Waals surface area (Å²) in [6.45, 7) is 0.251. The Labute approximate surface area is 206 Å². The highest BCUT2D eigenvalue weighted by atomic mass is 32.1. The van der Waals surface area contributed by atoms with Crippen LogP contribution in [0.1, 0.15) is 5.76 Å². The number of anilines is 2. The fourth-order valence-corrected chi connectivity index (χ4v) is 5.74. The van der Waals surface area contributed by atoms with Crippen LogP contribution >= 0.6 is 22.7 Å². The largest absolute Gasteiger partial charge is 0.497 e. The molecule has 3 heterocycles. The minimum absolute atomic E-state index is 0.251. The maximum absolute atomic E-state index is 14.3. The van der Waals surface area contributed by atoms with E-state index >= 15 is 0 Å². The summed E-state index contributed by atoms with van der Waals surface area (Å²) >= 11 is 2.82. The van der Waals surface area contributed by atoms with Crippen LogP contribution in [0.4, 0.5) is 19.0 Å². The van der Waals surface area contributed by atoms with Gasteiger partial charge in [-0.15, -0.1) is 0 Å². The maximum atomic E-state index is 14.3. The fraction of sp³-hybridized carbons (Fsp3) is 0.0800. The van der Waals surface area contributed by atoms with E-state index in [-0.39, 0.29) is 18.2 Å². The molecule has 0 saturated heterocycles. The second kappa shape index (κ2) is 8.71. The van der Waals surface area contributed by atoms with Crippen molar-refractivity contribution in [3.8, 4) is 17.0 Å². The molecule has 0 aliphatic heterocycles. The van der Waals surface area contributed by atoms with E-state index in [4.69, 9.17) is 19.2 Å². The number of benzene rings is 3. The molecule has 6 nitrogen and oxygen atoms in total. The molecular formula is C25H16F2N4O2S2. The number of nitrogens with zero attached hydrogens (tertiary/aromatic N) is 4. The van der Waals surface area contributed by atoms with Crippen LogP contribution in [0.5, 0.6) is 5.75 Å². The van der Waals surface area contributed by atoms with E-state index in [9.17, 15) is 8.78 Å². The molecular weight excluding hydrogens is 490 g/mol. The van der Waals surface area contributed by atoms with Gasteiger partial charge in [-0.2, -0.15) is 0 Å². The third kappa shape index (κ3) is 4.11. The number of rotatable bonds is 6. The number of thiazole rings is 2. The summed E-state index contributed by atoms with van der Waals surface area (Å²) in [6.07, 6.45) is 0. The van der Waals surface area contributed by atoms with Crippen LogP contribution in [-0.4, -0.2) is 22.2 Å². The number of fused-ring (bicyclic) bond motifs is 2. The first-order valence-corrected chi connectivity index (χ1v) is 12.2. The van der Waals surface area contributed by atoms with Gasteiger partial charge in [0.15, 0.2) is 16.0 Å². The Kier molecular flexibility index (Phi) is 5.39. The Hall–Kier alpha value is -3.89. The number of methoxy groups -OCH3 is 1. The predicted molar refractivity (Wildman–Crippen MR) is 133 cm³/mol. The molecule has 0 atom stereocenters. The molecule has 0 aliphatic rings.